The number of phosphoric ester groups is 1. The van der Waals surface area contributed by atoms with Crippen LogP contribution in [0.15, 0.2) is 12.3 Å². The van der Waals surface area contributed by atoms with E-state index in [-0.39, 0.29) is 3.74 Å². The lowest BCUT2D eigenvalue weighted by Crippen LogP contribution is -1.80. The second kappa shape index (κ2) is 4.51. The van der Waals surface area contributed by atoms with E-state index in [0.717, 1.165) is 6.26 Å². The first-order valence-electron chi connectivity index (χ1n) is 2.10. The summed E-state index contributed by atoms with van der Waals surface area (Å²) in [5, 5.41) is 0. The molecular weight excluding hydrogens is 291 g/mol. The highest BCUT2D eigenvalue weighted by Gasteiger charge is 2.11. The molecule has 4 nitrogen and oxygen atoms in total. The molecule has 2 N–H and O–H groups in total. The van der Waals surface area contributed by atoms with Crippen LogP contribution in [0.25, 0.3) is 0 Å². The zero-order valence-corrected chi connectivity index (χ0v) is 8.71. The summed E-state index contributed by atoms with van der Waals surface area (Å²) >= 11 is 6.08. The smallest absolute Gasteiger partial charge is 0.412 e. The fourth-order valence-corrected chi connectivity index (χ4v) is 0.652. The molecule has 0 rings (SSSR count). The number of rotatable bonds is 3. The van der Waals surface area contributed by atoms with Gasteiger partial charge < -0.3 is 4.52 Å². The third-order valence-electron chi connectivity index (χ3n) is 0.422. The summed E-state index contributed by atoms with van der Waals surface area (Å²) in [6.07, 6.45) is 2.31. The third kappa shape index (κ3) is 8.65. The summed E-state index contributed by atoms with van der Waals surface area (Å²) in [6.45, 7) is 0. The van der Waals surface area contributed by atoms with Gasteiger partial charge in [0, 0.05) is 0 Å². The Labute approximate surface area is 74.8 Å². The van der Waals surface area contributed by atoms with Crippen molar-refractivity contribution in [3.05, 3.63) is 12.3 Å². The minimum atomic E-state index is -4.35. The van der Waals surface area contributed by atoms with E-state index in [9.17, 15) is 4.57 Å². The number of allylic oxidation sites excluding steroid dienone is 1. The molecule has 0 saturated heterocycles. The number of phosphoric acid groups is 1. The van der Waals surface area contributed by atoms with E-state index in [1.807, 2.05) is 0 Å². The highest BCUT2D eigenvalue weighted by atomic mass is 79.9. The molecule has 0 aromatic rings. The van der Waals surface area contributed by atoms with Crippen LogP contribution in [-0.4, -0.2) is 13.5 Å². The lowest BCUT2D eigenvalue weighted by atomic mass is 10.7. The first-order valence-corrected chi connectivity index (χ1v) is 5.47. The average molecular weight is 296 g/mol. The Kier molecular flexibility index (Phi) is 4.81. The van der Waals surface area contributed by atoms with Crippen LogP contribution in [0.5, 0.6) is 0 Å². The topological polar surface area (TPSA) is 66.8 Å². The summed E-state index contributed by atoms with van der Waals surface area (Å²) in [7, 11) is -4.35. The number of hydrogen-bond donors (Lipinski definition) is 2. The molecule has 0 heterocycles. The van der Waals surface area contributed by atoms with Gasteiger partial charge in [-0.2, -0.15) is 0 Å². The van der Waals surface area contributed by atoms with Crippen molar-refractivity contribution in [3.63, 3.8) is 0 Å². The first kappa shape index (κ1) is 10.7. The summed E-state index contributed by atoms with van der Waals surface area (Å²) in [6, 6.07) is 0. The molecule has 0 aliphatic heterocycles. The maximum absolute atomic E-state index is 10.0. The molecule has 60 valence electrons. The Bertz CT molecular complexity index is 162. The van der Waals surface area contributed by atoms with Gasteiger partial charge in [0.05, 0.1) is 10.00 Å². The van der Waals surface area contributed by atoms with E-state index in [2.05, 4.69) is 36.4 Å². The predicted molar refractivity (Wildman–Crippen MR) is 43.9 cm³/mol. The fraction of sp³-hybridized carbons (Fsp3) is 0.333. The van der Waals surface area contributed by atoms with Crippen LogP contribution in [0.2, 0.25) is 0 Å². The van der Waals surface area contributed by atoms with Gasteiger partial charge in [-0.05, 0) is 6.08 Å². The predicted octanol–water partition coefficient (Wildman–Crippen LogP) is 1.73. The van der Waals surface area contributed by atoms with Gasteiger partial charge in [-0.15, -0.1) is 0 Å². The van der Waals surface area contributed by atoms with Gasteiger partial charge in [-0.1, -0.05) is 31.9 Å². The zero-order valence-electron chi connectivity index (χ0n) is 4.65. The average Bonchev–Trinajstić information content (AvgIpc) is 1.59. The molecule has 10 heavy (non-hydrogen) atoms. The lowest BCUT2D eigenvalue weighted by Gasteiger charge is -1.99. The van der Waals surface area contributed by atoms with Crippen molar-refractivity contribution in [2.75, 3.05) is 0 Å². The van der Waals surface area contributed by atoms with Crippen molar-refractivity contribution in [1.82, 2.24) is 0 Å². The molecule has 0 aliphatic carbocycles. The van der Waals surface area contributed by atoms with E-state index < -0.39 is 7.82 Å². The van der Waals surface area contributed by atoms with Crippen LogP contribution < -0.4 is 0 Å². The molecule has 0 spiro atoms. The van der Waals surface area contributed by atoms with Crippen molar-refractivity contribution < 1.29 is 18.9 Å². The van der Waals surface area contributed by atoms with E-state index >= 15 is 0 Å². The fourth-order valence-electron chi connectivity index (χ4n) is 0.174. The Hall–Kier alpha value is 0.650. The first-order chi connectivity index (χ1) is 4.42. The van der Waals surface area contributed by atoms with Crippen molar-refractivity contribution >= 4 is 39.7 Å². The zero-order chi connectivity index (χ0) is 8.20. The summed E-state index contributed by atoms with van der Waals surface area (Å²) in [4.78, 5) is 16.3. The van der Waals surface area contributed by atoms with E-state index in [1.54, 1.807) is 0 Å². The number of alkyl halides is 2. The molecule has 7 heteroatoms. The second-order valence-electron chi connectivity index (χ2n) is 1.26. The Morgan fingerprint density at radius 3 is 2.30 bits per heavy atom. The molecule has 0 atom stereocenters. The maximum Gasteiger partial charge on any atom is 0.524 e. The number of hydrogen-bond acceptors (Lipinski definition) is 2. The summed E-state index contributed by atoms with van der Waals surface area (Å²) < 4.78 is 13.8. The minimum absolute atomic E-state index is 0.147. The molecule has 0 unspecified atom stereocenters. The van der Waals surface area contributed by atoms with Gasteiger partial charge >= 0.3 is 7.82 Å². The van der Waals surface area contributed by atoms with Gasteiger partial charge in [-0.3, -0.25) is 9.79 Å². The van der Waals surface area contributed by atoms with E-state index in [1.165, 1.54) is 6.08 Å². The van der Waals surface area contributed by atoms with Crippen LogP contribution in [0, 0.1) is 0 Å². The van der Waals surface area contributed by atoms with Crippen molar-refractivity contribution in [3.8, 4) is 0 Å². The van der Waals surface area contributed by atoms with Gasteiger partial charge in [0.15, 0.2) is 0 Å². The lowest BCUT2D eigenvalue weighted by molar-refractivity contribution is 0.258. The van der Waals surface area contributed by atoms with Gasteiger partial charge in [-0.25, -0.2) is 4.57 Å². The third-order valence-corrected chi connectivity index (χ3v) is 1.43. The maximum atomic E-state index is 10.0. The van der Waals surface area contributed by atoms with Crippen LogP contribution in [0.1, 0.15) is 0 Å². The molecule has 0 aliphatic rings. The summed E-state index contributed by atoms with van der Waals surface area (Å²) in [5.41, 5.74) is 0. The van der Waals surface area contributed by atoms with E-state index in [4.69, 9.17) is 9.79 Å². The van der Waals surface area contributed by atoms with Gasteiger partial charge in [0.2, 0.25) is 0 Å². The van der Waals surface area contributed by atoms with E-state index in [0.29, 0.717) is 0 Å². The van der Waals surface area contributed by atoms with Crippen molar-refractivity contribution in [2.45, 2.75) is 3.74 Å². The molecule has 0 radical (unpaired) electrons. The van der Waals surface area contributed by atoms with Crippen LogP contribution in [0.3, 0.4) is 0 Å². The monoisotopic (exact) mass is 294 g/mol. The highest BCUT2D eigenvalue weighted by molar-refractivity contribution is 9.24. The number of halogens is 2. The molecule has 0 bridgehead atoms. The molecular formula is C3H5Br2O4P. The standard InChI is InChI=1S/C3H5Br2O4P/c4-3(5)1-2-9-10(6,7)8/h1-3H,(H2,6,7,8). The van der Waals surface area contributed by atoms with Crippen LogP contribution in [-0.2, 0) is 9.09 Å². The molecule has 0 aromatic heterocycles. The Morgan fingerprint density at radius 2 is 2.00 bits per heavy atom. The molecule has 0 amide bonds. The van der Waals surface area contributed by atoms with Gasteiger partial charge in [0.1, 0.15) is 0 Å². The molecule has 0 saturated carbocycles. The highest BCUT2D eigenvalue weighted by Crippen LogP contribution is 2.36. The minimum Gasteiger partial charge on any atom is -0.412 e. The van der Waals surface area contributed by atoms with Crippen LogP contribution >= 0.6 is 39.7 Å². The summed E-state index contributed by atoms with van der Waals surface area (Å²) in [5.74, 6) is 0. The normalized spacial score (nSPS) is 12.9. The van der Waals surface area contributed by atoms with Crippen LogP contribution in [0.4, 0.5) is 0 Å². The SMILES string of the molecule is O=P(O)(O)OC=CC(Br)Br. The largest absolute Gasteiger partial charge is 0.524 e. The Morgan fingerprint density at radius 1 is 1.50 bits per heavy atom. The Balaban J connectivity index is 3.65. The van der Waals surface area contributed by atoms with Gasteiger partial charge in [0.25, 0.3) is 0 Å². The van der Waals surface area contributed by atoms with Crippen molar-refractivity contribution in [1.29, 1.82) is 0 Å². The molecule has 0 aromatic carbocycles. The van der Waals surface area contributed by atoms with Crippen molar-refractivity contribution in [2.24, 2.45) is 0 Å². The molecule has 0 fully saturated rings. The second-order valence-corrected chi connectivity index (χ2v) is 5.65. The quantitative estimate of drug-likeness (QED) is 0.473.